The molecule has 0 aliphatic heterocycles. The van der Waals surface area contributed by atoms with E-state index in [2.05, 4.69) is 15.4 Å². The molecule has 2 fully saturated rings. The molecule has 2 heterocycles. The van der Waals surface area contributed by atoms with Gasteiger partial charge in [0, 0.05) is 30.8 Å². The molecule has 1 unspecified atom stereocenters. The normalized spacial score (nSPS) is 27.1. The molecule has 2 saturated carbocycles. The van der Waals surface area contributed by atoms with Crippen LogP contribution in [0.25, 0.3) is 0 Å². The van der Waals surface area contributed by atoms with E-state index < -0.39 is 6.10 Å². The molecule has 128 valence electrons. The molecule has 24 heavy (non-hydrogen) atoms. The average molecular weight is 328 g/mol. The van der Waals surface area contributed by atoms with Gasteiger partial charge in [0.15, 0.2) is 0 Å². The molecule has 4 rings (SSSR count). The van der Waals surface area contributed by atoms with Crippen molar-refractivity contribution in [2.75, 3.05) is 0 Å². The Bertz CT molecular complexity index is 690. The third-order valence-corrected chi connectivity index (χ3v) is 5.48. The summed E-state index contributed by atoms with van der Waals surface area (Å²) in [5.41, 5.74) is 1.79. The third kappa shape index (κ3) is 2.98. The topological polar surface area (TPSA) is 82.9 Å². The molecule has 2 aliphatic carbocycles. The van der Waals surface area contributed by atoms with Gasteiger partial charge in [-0.05, 0) is 49.7 Å². The fourth-order valence-corrected chi connectivity index (χ4v) is 3.96. The number of carbonyl (C=O) groups excluding carboxylic acids is 1. The van der Waals surface area contributed by atoms with Crippen LogP contribution in [0.15, 0.2) is 30.7 Å². The van der Waals surface area contributed by atoms with Crippen molar-refractivity contribution in [1.82, 2.24) is 20.1 Å². The van der Waals surface area contributed by atoms with E-state index in [0.717, 1.165) is 37.1 Å². The van der Waals surface area contributed by atoms with Crippen molar-refractivity contribution in [3.05, 3.63) is 42.0 Å². The number of amides is 1. The zero-order valence-corrected chi connectivity index (χ0v) is 13.7. The molecule has 1 amide bonds. The quantitative estimate of drug-likeness (QED) is 0.785. The summed E-state index contributed by atoms with van der Waals surface area (Å²) in [6.45, 7) is 0.786. The summed E-state index contributed by atoms with van der Waals surface area (Å²) in [6.07, 6.45) is 10.1. The Hall–Kier alpha value is -2.08. The molecule has 3 N–H and O–H groups in total. The van der Waals surface area contributed by atoms with Crippen molar-refractivity contribution >= 4 is 5.91 Å². The maximum Gasteiger partial charge on any atom is 0.253 e. The monoisotopic (exact) mass is 328 g/mol. The molecule has 2 aliphatic rings. The van der Waals surface area contributed by atoms with Crippen LogP contribution in [-0.4, -0.2) is 37.9 Å². The third-order valence-electron chi connectivity index (χ3n) is 5.48. The van der Waals surface area contributed by atoms with Crippen LogP contribution in [0.5, 0.6) is 0 Å². The van der Waals surface area contributed by atoms with Gasteiger partial charge in [-0.1, -0.05) is 6.42 Å². The molecule has 0 spiro atoms. The molecule has 0 radical (unpaired) electrons. The van der Waals surface area contributed by atoms with Crippen molar-refractivity contribution in [2.45, 2.75) is 56.7 Å². The first-order chi connectivity index (χ1) is 11.7. The number of H-pyrrole nitrogens is 1. The lowest BCUT2D eigenvalue weighted by Crippen LogP contribution is -2.40. The van der Waals surface area contributed by atoms with Gasteiger partial charge >= 0.3 is 0 Å². The van der Waals surface area contributed by atoms with E-state index in [1.54, 1.807) is 6.20 Å². The number of nitrogens with zero attached hydrogens (tertiary/aromatic N) is 2. The first kappa shape index (κ1) is 15.4. The van der Waals surface area contributed by atoms with Gasteiger partial charge < -0.3 is 15.4 Å². The van der Waals surface area contributed by atoms with Crippen LogP contribution in [0.1, 0.15) is 54.1 Å². The molecule has 2 aromatic rings. The molecular formula is C18H24N4O2. The van der Waals surface area contributed by atoms with Crippen molar-refractivity contribution in [3.8, 4) is 0 Å². The summed E-state index contributed by atoms with van der Waals surface area (Å²) in [5.74, 6) is 0.756. The minimum atomic E-state index is -0.486. The van der Waals surface area contributed by atoms with E-state index >= 15 is 0 Å². The Morgan fingerprint density at radius 2 is 2.29 bits per heavy atom. The Labute approximate surface area is 141 Å². The minimum Gasteiger partial charge on any atom is -0.391 e. The van der Waals surface area contributed by atoms with Crippen molar-refractivity contribution in [3.63, 3.8) is 0 Å². The van der Waals surface area contributed by atoms with Gasteiger partial charge in [-0.3, -0.25) is 9.48 Å². The Balaban J connectivity index is 1.38. The lowest BCUT2D eigenvalue weighted by Gasteiger charge is -2.26. The highest BCUT2D eigenvalue weighted by Gasteiger charge is 2.35. The lowest BCUT2D eigenvalue weighted by molar-refractivity contribution is 0.0871. The van der Waals surface area contributed by atoms with Crippen molar-refractivity contribution in [1.29, 1.82) is 0 Å². The van der Waals surface area contributed by atoms with E-state index in [1.165, 1.54) is 6.42 Å². The zero-order chi connectivity index (χ0) is 16.5. The van der Waals surface area contributed by atoms with E-state index in [0.29, 0.717) is 18.3 Å². The second kappa shape index (κ2) is 6.43. The predicted octanol–water partition coefficient (Wildman–Crippen LogP) is 2.05. The molecule has 3 atom stereocenters. The van der Waals surface area contributed by atoms with Gasteiger partial charge in [0.2, 0.25) is 0 Å². The van der Waals surface area contributed by atoms with Crippen molar-refractivity contribution in [2.24, 2.45) is 5.92 Å². The minimum absolute atomic E-state index is 0.0676. The Morgan fingerprint density at radius 3 is 3.00 bits per heavy atom. The maximum absolute atomic E-state index is 12.6. The van der Waals surface area contributed by atoms with E-state index in [-0.39, 0.29) is 11.9 Å². The molecular weight excluding hydrogens is 304 g/mol. The predicted molar refractivity (Wildman–Crippen MR) is 89.6 cm³/mol. The number of hydrogen-bond acceptors (Lipinski definition) is 3. The van der Waals surface area contributed by atoms with Crippen molar-refractivity contribution < 1.29 is 9.90 Å². The summed E-state index contributed by atoms with van der Waals surface area (Å²) < 4.78 is 1.89. The van der Waals surface area contributed by atoms with Gasteiger partial charge in [0.05, 0.1) is 17.7 Å². The first-order valence-corrected chi connectivity index (χ1v) is 8.84. The number of nitrogens with one attached hydrogen (secondary N) is 2. The number of aliphatic hydroxyl groups is 1. The second-order valence-electron chi connectivity index (χ2n) is 7.15. The average Bonchev–Trinajstić information content (AvgIpc) is 3.21. The SMILES string of the molecule is O=C(N[C@@H]1CC(Cn2cccn2)C[C@H]1O)c1cc[nH]c1C1CCC1. The zero-order valence-electron chi connectivity index (χ0n) is 13.7. The standard InChI is InChI=1S/C18H24N4O2/c23-16-10-12(11-22-8-2-6-20-22)9-15(16)21-18(24)14-5-7-19-17(14)13-3-1-4-13/h2,5-8,12-13,15-16,19,23H,1,3-4,9-11H2,(H,21,24)/t12?,15-,16-/m1/s1. The molecule has 0 bridgehead atoms. The maximum atomic E-state index is 12.6. The number of carbonyl (C=O) groups is 1. The van der Waals surface area contributed by atoms with Gasteiger partial charge in [-0.2, -0.15) is 5.10 Å². The Kier molecular flexibility index (Phi) is 4.14. The van der Waals surface area contributed by atoms with Gasteiger partial charge in [-0.15, -0.1) is 0 Å². The van der Waals surface area contributed by atoms with Gasteiger partial charge in [0.25, 0.3) is 5.91 Å². The number of rotatable bonds is 5. The molecule has 0 aromatic carbocycles. The summed E-state index contributed by atoms with van der Waals surface area (Å²) in [6, 6.07) is 3.58. The van der Waals surface area contributed by atoms with E-state index in [1.807, 2.05) is 29.2 Å². The van der Waals surface area contributed by atoms with Crippen LogP contribution in [0.2, 0.25) is 0 Å². The molecule has 6 nitrogen and oxygen atoms in total. The summed E-state index contributed by atoms with van der Waals surface area (Å²) >= 11 is 0. The van der Waals surface area contributed by atoms with E-state index in [9.17, 15) is 9.90 Å². The second-order valence-corrected chi connectivity index (χ2v) is 7.15. The number of hydrogen-bond donors (Lipinski definition) is 3. The molecule has 0 saturated heterocycles. The summed E-state index contributed by atoms with van der Waals surface area (Å²) in [7, 11) is 0. The van der Waals surface area contributed by atoms with Crippen LogP contribution in [-0.2, 0) is 6.54 Å². The van der Waals surface area contributed by atoms with Gasteiger partial charge in [-0.25, -0.2) is 0 Å². The molecule has 6 heteroatoms. The summed E-state index contributed by atoms with van der Waals surface area (Å²) in [4.78, 5) is 15.9. The van der Waals surface area contributed by atoms with Crippen LogP contribution < -0.4 is 5.32 Å². The van der Waals surface area contributed by atoms with E-state index in [4.69, 9.17) is 0 Å². The largest absolute Gasteiger partial charge is 0.391 e. The summed E-state index contributed by atoms with van der Waals surface area (Å²) in [5, 5.41) is 17.6. The van der Waals surface area contributed by atoms with Crippen LogP contribution in [0, 0.1) is 5.92 Å². The highest BCUT2D eigenvalue weighted by Crippen LogP contribution is 2.37. The lowest BCUT2D eigenvalue weighted by atomic mass is 9.81. The van der Waals surface area contributed by atoms with Crippen LogP contribution >= 0.6 is 0 Å². The van der Waals surface area contributed by atoms with Crippen LogP contribution in [0.3, 0.4) is 0 Å². The first-order valence-electron chi connectivity index (χ1n) is 8.84. The number of aromatic amines is 1. The number of aliphatic hydroxyl groups excluding tert-OH is 1. The van der Waals surface area contributed by atoms with Gasteiger partial charge in [0.1, 0.15) is 0 Å². The molecule has 2 aromatic heterocycles. The fraction of sp³-hybridized carbons (Fsp3) is 0.556. The highest BCUT2D eigenvalue weighted by atomic mass is 16.3. The van der Waals surface area contributed by atoms with Crippen LogP contribution in [0.4, 0.5) is 0 Å². The highest BCUT2D eigenvalue weighted by molar-refractivity contribution is 5.95. The fourth-order valence-electron chi connectivity index (χ4n) is 3.96. The number of aromatic nitrogens is 3. The Morgan fingerprint density at radius 1 is 1.42 bits per heavy atom. The smallest absolute Gasteiger partial charge is 0.253 e.